The summed E-state index contributed by atoms with van der Waals surface area (Å²) in [5.41, 5.74) is 1.01. The van der Waals surface area contributed by atoms with Crippen LogP contribution in [0.3, 0.4) is 0 Å². The number of nitrogens with zero attached hydrogens (tertiary/aromatic N) is 2. The Labute approximate surface area is 87.7 Å². The van der Waals surface area contributed by atoms with Crippen molar-refractivity contribution in [3.05, 3.63) is 30.3 Å². The Morgan fingerprint density at radius 2 is 2.14 bits per heavy atom. The minimum atomic E-state index is 0.788. The summed E-state index contributed by atoms with van der Waals surface area (Å²) in [5, 5.41) is 2.99. The van der Waals surface area contributed by atoms with E-state index in [-0.39, 0.29) is 0 Å². The SMILES string of the molecule is CON1CSC(=Nc2ccccc2)C1. The first-order chi connectivity index (χ1) is 6.88. The van der Waals surface area contributed by atoms with E-state index in [0.29, 0.717) is 0 Å². The van der Waals surface area contributed by atoms with Gasteiger partial charge in [0, 0.05) is 0 Å². The zero-order valence-corrected chi connectivity index (χ0v) is 8.83. The first kappa shape index (κ1) is 9.71. The van der Waals surface area contributed by atoms with Crippen LogP contribution in [0, 0.1) is 0 Å². The molecule has 3 nitrogen and oxygen atoms in total. The molecule has 0 N–H and O–H groups in total. The summed E-state index contributed by atoms with van der Waals surface area (Å²) in [6.45, 7) is 0.788. The van der Waals surface area contributed by atoms with E-state index in [9.17, 15) is 0 Å². The Kier molecular flexibility index (Phi) is 3.18. The van der Waals surface area contributed by atoms with E-state index in [4.69, 9.17) is 4.84 Å². The van der Waals surface area contributed by atoms with Crippen LogP contribution in [0.2, 0.25) is 0 Å². The van der Waals surface area contributed by atoms with Crippen LogP contribution in [-0.4, -0.2) is 29.6 Å². The van der Waals surface area contributed by atoms with Crippen LogP contribution in [0.25, 0.3) is 0 Å². The minimum absolute atomic E-state index is 0.788. The summed E-state index contributed by atoms with van der Waals surface area (Å²) in [6, 6.07) is 9.99. The molecule has 1 aromatic rings. The smallest absolute Gasteiger partial charge is 0.0917 e. The van der Waals surface area contributed by atoms with E-state index in [1.165, 1.54) is 0 Å². The fourth-order valence-electron chi connectivity index (χ4n) is 1.22. The molecule has 1 saturated heterocycles. The maximum absolute atomic E-state index is 5.11. The van der Waals surface area contributed by atoms with Gasteiger partial charge in [0.1, 0.15) is 0 Å². The van der Waals surface area contributed by atoms with Crippen molar-refractivity contribution in [3.63, 3.8) is 0 Å². The van der Waals surface area contributed by atoms with Gasteiger partial charge in [-0.05, 0) is 12.1 Å². The van der Waals surface area contributed by atoms with Crippen molar-refractivity contribution in [2.75, 3.05) is 19.5 Å². The van der Waals surface area contributed by atoms with Crippen molar-refractivity contribution in [3.8, 4) is 0 Å². The number of aliphatic imine (C=N–C) groups is 1. The third-order valence-electron chi connectivity index (χ3n) is 1.95. The summed E-state index contributed by atoms with van der Waals surface area (Å²) in [7, 11) is 1.69. The normalized spacial score (nSPS) is 20.5. The molecule has 1 fully saturated rings. The average molecular weight is 208 g/mol. The number of benzene rings is 1. The highest BCUT2D eigenvalue weighted by Crippen LogP contribution is 2.21. The highest BCUT2D eigenvalue weighted by Gasteiger charge is 2.17. The molecule has 74 valence electrons. The summed E-state index contributed by atoms with van der Waals surface area (Å²) in [5.74, 6) is 0.863. The standard InChI is InChI=1S/C10H12N2OS/c1-13-12-7-10(14-8-12)11-9-5-3-2-4-6-9/h2-6H,7-8H2,1H3. The zero-order valence-electron chi connectivity index (χ0n) is 8.01. The molecule has 0 atom stereocenters. The average Bonchev–Trinajstić information content (AvgIpc) is 2.67. The lowest BCUT2D eigenvalue weighted by Gasteiger charge is -2.07. The summed E-state index contributed by atoms with van der Waals surface area (Å²) in [4.78, 5) is 9.62. The Bertz CT molecular complexity index is 326. The van der Waals surface area contributed by atoms with Gasteiger partial charge in [0.15, 0.2) is 0 Å². The lowest BCUT2D eigenvalue weighted by molar-refractivity contribution is -0.0985. The number of hydroxylamine groups is 2. The number of hydrogen-bond donors (Lipinski definition) is 0. The fraction of sp³-hybridized carbons (Fsp3) is 0.300. The van der Waals surface area contributed by atoms with E-state index in [0.717, 1.165) is 23.2 Å². The van der Waals surface area contributed by atoms with Crippen LogP contribution in [0.15, 0.2) is 35.3 Å². The third kappa shape index (κ3) is 2.35. The molecule has 14 heavy (non-hydrogen) atoms. The maximum atomic E-state index is 5.11. The van der Waals surface area contributed by atoms with Crippen molar-refractivity contribution in [2.24, 2.45) is 4.99 Å². The number of para-hydroxylation sites is 1. The predicted octanol–water partition coefficient (Wildman–Crippen LogP) is 2.28. The second-order valence-corrected chi connectivity index (χ2v) is 3.96. The van der Waals surface area contributed by atoms with Crippen molar-refractivity contribution in [1.82, 2.24) is 5.06 Å². The van der Waals surface area contributed by atoms with Crippen molar-refractivity contribution >= 4 is 22.5 Å². The molecule has 1 aromatic carbocycles. The van der Waals surface area contributed by atoms with Gasteiger partial charge in [0.2, 0.25) is 0 Å². The van der Waals surface area contributed by atoms with Gasteiger partial charge in [-0.1, -0.05) is 30.0 Å². The van der Waals surface area contributed by atoms with Gasteiger partial charge < -0.3 is 4.84 Å². The van der Waals surface area contributed by atoms with Gasteiger partial charge >= 0.3 is 0 Å². The monoisotopic (exact) mass is 208 g/mol. The number of rotatable bonds is 2. The number of hydrogen-bond acceptors (Lipinski definition) is 4. The Morgan fingerprint density at radius 3 is 2.79 bits per heavy atom. The quantitative estimate of drug-likeness (QED) is 0.745. The van der Waals surface area contributed by atoms with Crippen LogP contribution in [0.1, 0.15) is 0 Å². The maximum Gasteiger partial charge on any atom is 0.0917 e. The summed E-state index contributed by atoms with van der Waals surface area (Å²) in [6.07, 6.45) is 0. The van der Waals surface area contributed by atoms with Crippen molar-refractivity contribution in [2.45, 2.75) is 0 Å². The van der Waals surface area contributed by atoms with E-state index >= 15 is 0 Å². The molecule has 2 rings (SSSR count). The molecule has 4 heteroatoms. The Hall–Kier alpha value is -0.840. The molecule has 1 heterocycles. The first-order valence-corrected chi connectivity index (χ1v) is 5.41. The molecular weight excluding hydrogens is 196 g/mol. The third-order valence-corrected chi connectivity index (χ3v) is 2.93. The molecule has 0 radical (unpaired) electrons. The summed E-state index contributed by atoms with van der Waals surface area (Å²) >= 11 is 1.72. The number of thioether (sulfide) groups is 1. The van der Waals surface area contributed by atoms with Gasteiger partial charge in [-0.25, -0.2) is 4.99 Å². The van der Waals surface area contributed by atoms with Crippen molar-refractivity contribution < 1.29 is 4.84 Å². The zero-order chi connectivity index (χ0) is 9.80. The fourth-order valence-corrected chi connectivity index (χ4v) is 2.12. The largest absolute Gasteiger partial charge is 0.301 e. The second-order valence-electron chi connectivity index (χ2n) is 2.94. The molecule has 0 saturated carbocycles. The molecule has 0 unspecified atom stereocenters. The van der Waals surface area contributed by atoms with E-state index < -0.39 is 0 Å². The lowest BCUT2D eigenvalue weighted by Crippen LogP contribution is -2.18. The lowest BCUT2D eigenvalue weighted by atomic mass is 10.3. The molecule has 1 aliphatic heterocycles. The molecular formula is C10H12N2OS. The van der Waals surface area contributed by atoms with Crippen LogP contribution >= 0.6 is 11.8 Å². The molecule has 0 amide bonds. The van der Waals surface area contributed by atoms with E-state index in [1.807, 2.05) is 35.4 Å². The topological polar surface area (TPSA) is 24.8 Å². The van der Waals surface area contributed by atoms with Gasteiger partial charge in [-0.3, -0.25) is 0 Å². The predicted molar refractivity (Wildman–Crippen MR) is 59.7 cm³/mol. The van der Waals surface area contributed by atoms with Gasteiger partial charge in [-0.2, -0.15) is 5.06 Å². The van der Waals surface area contributed by atoms with Crippen LogP contribution in [0.4, 0.5) is 5.69 Å². The van der Waals surface area contributed by atoms with Crippen LogP contribution in [-0.2, 0) is 4.84 Å². The molecule has 1 aliphatic rings. The van der Waals surface area contributed by atoms with Gasteiger partial charge in [0.05, 0.1) is 30.3 Å². The Morgan fingerprint density at radius 1 is 1.36 bits per heavy atom. The second kappa shape index (κ2) is 4.59. The summed E-state index contributed by atoms with van der Waals surface area (Å²) < 4.78 is 0. The molecule has 0 aromatic heterocycles. The van der Waals surface area contributed by atoms with E-state index in [1.54, 1.807) is 18.9 Å². The minimum Gasteiger partial charge on any atom is -0.301 e. The highest BCUT2D eigenvalue weighted by atomic mass is 32.2. The van der Waals surface area contributed by atoms with Gasteiger partial charge in [-0.15, -0.1) is 0 Å². The van der Waals surface area contributed by atoms with Crippen LogP contribution in [0.5, 0.6) is 0 Å². The highest BCUT2D eigenvalue weighted by molar-refractivity contribution is 8.14. The van der Waals surface area contributed by atoms with Gasteiger partial charge in [0.25, 0.3) is 0 Å². The molecule has 0 aliphatic carbocycles. The van der Waals surface area contributed by atoms with Crippen LogP contribution < -0.4 is 0 Å². The molecule has 0 bridgehead atoms. The van der Waals surface area contributed by atoms with Crippen molar-refractivity contribution in [1.29, 1.82) is 0 Å². The Balaban J connectivity index is 2.06. The molecule has 0 spiro atoms. The van der Waals surface area contributed by atoms with E-state index in [2.05, 4.69) is 4.99 Å². The first-order valence-electron chi connectivity index (χ1n) is 4.43.